The van der Waals surface area contributed by atoms with Gasteiger partial charge < -0.3 is 14.5 Å². The summed E-state index contributed by atoms with van der Waals surface area (Å²) in [5, 5.41) is 0. The van der Waals surface area contributed by atoms with E-state index in [1.54, 1.807) is 6.07 Å². The summed E-state index contributed by atoms with van der Waals surface area (Å²) >= 11 is 1.53. The molecule has 0 aromatic heterocycles. The Hall–Kier alpha value is -1.78. The van der Waals surface area contributed by atoms with Crippen molar-refractivity contribution in [2.45, 2.75) is 106 Å². The molecule has 0 spiro atoms. The summed E-state index contributed by atoms with van der Waals surface area (Å²) in [5.74, 6) is 0. The number of ether oxygens (including phenoxy) is 1. The van der Waals surface area contributed by atoms with Crippen LogP contribution < -0.4 is 4.90 Å². The zero-order chi connectivity index (χ0) is 30.5. The van der Waals surface area contributed by atoms with E-state index in [0.717, 1.165) is 60.8 Å². The largest absolute Gasteiger partial charge is 0.416 e. The van der Waals surface area contributed by atoms with E-state index >= 15 is 0 Å². The molecule has 2 heterocycles. The molecule has 1 saturated heterocycles. The van der Waals surface area contributed by atoms with E-state index < -0.39 is 11.7 Å². The number of piperidine rings is 1. The minimum atomic E-state index is -4.36. The second-order valence-electron chi connectivity index (χ2n) is 12.0. The number of nitrogens with zero attached hydrogens (tertiary/aromatic N) is 2. The Morgan fingerprint density at radius 2 is 1.44 bits per heavy atom. The summed E-state index contributed by atoms with van der Waals surface area (Å²) in [6.07, 6.45) is 8.52. The Morgan fingerprint density at radius 3 is 2.19 bits per heavy atom. The number of hydrogen-bond donors (Lipinski definition) is 0. The Morgan fingerprint density at radius 1 is 0.767 bits per heavy atom. The summed E-state index contributed by atoms with van der Waals surface area (Å²) in [7, 11) is 0. The smallest absolute Gasteiger partial charge is 0.373 e. The Bertz CT molecular complexity index is 1110. The maximum Gasteiger partial charge on any atom is 0.416 e. The molecule has 2 aromatic carbocycles. The molecule has 43 heavy (non-hydrogen) atoms. The van der Waals surface area contributed by atoms with Crippen LogP contribution in [0.4, 0.5) is 24.5 Å². The van der Waals surface area contributed by atoms with Crippen LogP contribution in [0.1, 0.15) is 90.0 Å². The first kappa shape index (κ1) is 34.1. The van der Waals surface area contributed by atoms with Crippen LogP contribution in [-0.4, -0.2) is 56.5 Å². The predicted molar refractivity (Wildman–Crippen MR) is 168 cm³/mol. The molecule has 0 radical (unpaired) electrons. The first-order valence-corrected chi connectivity index (χ1v) is 17.0. The highest BCUT2D eigenvalue weighted by molar-refractivity contribution is 7.99. The Kier molecular flexibility index (Phi) is 13.5. The molecule has 5 nitrogen and oxygen atoms in total. The quantitative estimate of drug-likeness (QED) is 0.0936. The number of likely N-dealkylation sites (tertiary alicyclic amines) is 1. The lowest BCUT2D eigenvalue weighted by Crippen LogP contribution is -2.45. The standard InChI is InChI=1S/C34H49F3N2O3S/c1-3-4-5-6-7-8-9-12-24-41-42-26-25-40-33(2)18-22-38(23-19-33)20-13-21-39-29-14-10-11-15-31(29)43-32-17-16-28(27-30(32)39)34(35,36)37/h10-11,14-17,27H,3-9,12-13,18-26H2,1-2H3. The van der Waals surface area contributed by atoms with Gasteiger partial charge in [-0.05, 0) is 69.5 Å². The van der Waals surface area contributed by atoms with Gasteiger partial charge in [-0.3, -0.25) is 0 Å². The van der Waals surface area contributed by atoms with Gasteiger partial charge in [0.15, 0.2) is 0 Å². The zero-order valence-electron chi connectivity index (χ0n) is 25.9. The lowest BCUT2D eigenvalue weighted by Gasteiger charge is -2.39. The van der Waals surface area contributed by atoms with Crippen LogP contribution in [0.3, 0.4) is 0 Å². The second-order valence-corrected chi connectivity index (χ2v) is 13.1. The molecular formula is C34H49F3N2O3S. The van der Waals surface area contributed by atoms with E-state index in [9.17, 15) is 13.2 Å². The molecular weight excluding hydrogens is 573 g/mol. The van der Waals surface area contributed by atoms with Crippen LogP contribution in [-0.2, 0) is 20.7 Å². The fourth-order valence-corrected chi connectivity index (χ4v) is 6.90. The summed E-state index contributed by atoms with van der Waals surface area (Å²) in [5.41, 5.74) is 0.838. The van der Waals surface area contributed by atoms with Gasteiger partial charge in [-0.1, -0.05) is 75.8 Å². The van der Waals surface area contributed by atoms with Crippen LogP contribution in [0.15, 0.2) is 52.3 Å². The molecule has 0 aliphatic carbocycles. The van der Waals surface area contributed by atoms with Crippen molar-refractivity contribution in [3.63, 3.8) is 0 Å². The molecule has 2 aromatic rings. The van der Waals surface area contributed by atoms with Gasteiger partial charge in [-0.15, -0.1) is 0 Å². The molecule has 2 aliphatic heterocycles. The van der Waals surface area contributed by atoms with Gasteiger partial charge in [0.05, 0.1) is 35.8 Å². The minimum absolute atomic E-state index is 0.173. The molecule has 240 valence electrons. The number of hydrogen-bond acceptors (Lipinski definition) is 6. The molecule has 2 aliphatic rings. The molecule has 9 heteroatoms. The van der Waals surface area contributed by atoms with Gasteiger partial charge in [0.1, 0.15) is 6.61 Å². The van der Waals surface area contributed by atoms with Crippen molar-refractivity contribution in [3.8, 4) is 0 Å². The van der Waals surface area contributed by atoms with Crippen LogP contribution in [0.25, 0.3) is 0 Å². The van der Waals surface area contributed by atoms with Gasteiger partial charge in [0, 0.05) is 29.4 Å². The van der Waals surface area contributed by atoms with Crippen LogP contribution >= 0.6 is 11.8 Å². The van der Waals surface area contributed by atoms with Crippen molar-refractivity contribution < 1.29 is 27.7 Å². The van der Waals surface area contributed by atoms with Gasteiger partial charge >= 0.3 is 6.18 Å². The number of fused-ring (bicyclic) bond motifs is 2. The zero-order valence-corrected chi connectivity index (χ0v) is 26.7. The van der Waals surface area contributed by atoms with E-state index in [2.05, 4.69) is 23.6 Å². The van der Waals surface area contributed by atoms with E-state index in [-0.39, 0.29) is 5.60 Å². The van der Waals surface area contributed by atoms with Crippen LogP contribution in [0.2, 0.25) is 0 Å². The fourth-order valence-electron chi connectivity index (χ4n) is 5.83. The Labute approximate surface area is 260 Å². The third-order valence-electron chi connectivity index (χ3n) is 8.50. The topological polar surface area (TPSA) is 34.2 Å². The third-order valence-corrected chi connectivity index (χ3v) is 9.63. The second kappa shape index (κ2) is 17.1. The third kappa shape index (κ3) is 10.7. The summed E-state index contributed by atoms with van der Waals surface area (Å²) in [4.78, 5) is 17.1. The summed E-state index contributed by atoms with van der Waals surface area (Å²) in [6, 6.07) is 12.0. The fraction of sp³-hybridized carbons (Fsp3) is 0.647. The summed E-state index contributed by atoms with van der Waals surface area (Å²) < 4.78 is 46.7. The SMILES string of the molecule is CCCCCCCCCCOOCCOC1(C)CCN(CCCN2c3ccccc3Sc3ccc(C(F)(F)F)cc32)CC1. The normalized spacial score (nSPS) is 16.7. The highest BCUT2D eigenvalue weighted by atomic mass is 32.2. The minimum Gasteiger partial charge on any atom is -0.373 e. The van der Waals surface area contributed by atoms with Gasteiger partial charge in [0.2, 0.25) is 0 Å². The molecule has 0 amide bonds. The van der Waals surface area contributed by atoms with E-state index in [1.165, 1.54) is 68.8 Å². The first-order chi connectivity index (χ1) is 20.8. The van der Waals surface area contributed by atoms with Crippen LogP contribution in [0.5, 0.6) is 0 Å². The highest BCUT2D eigenvalue weighted by Crippen LogP contribution is 2.49. The molecule has 0 bridgehead atoms. The molecule has 4 rings (SSSR count). The molecule has 0 unspecified atom stereocenters. The van der Waals surface area contributed by atoms with Gasteiger partial charge in [-0.25, -0.2) is 9.78 Å². The van der Waals surface area contributed by atoms with Crippen LogP contribution in [0, 0.1) is 0 Å². The maximum absolute atomic E-state index is 13.5. The number of anilines is 2. The Balaban J connectivity index is 1.13. The lowest BCUT2D eigenvalue weighted by molar-refractivity contribution is -0.303. The maximum atomic E-state index is 13.5. The van der Waals surface area contributed by atoms with Crippen molar-refractivity contribution in [2.75, 3.05) is 50.9 Å². The number of alkyl halides is 3. The van der Waals surface area contributed by atoms with Crippen molar-refractivity contribution >= 4 is 23.1 Å². The van der Waals surface area contributed by atoms with E-state index in [0.29, 0.717) is 32.1 Å². The molecule has 0 N–H and O–H groups in total. The number of para-hydroxylation sites is 1. The van der Waals surface area contributed by atoms with Crippen molar-refractivity contribution in [1.29, 1.82) is 0 Å². The average Bonchev–Trinajstić information content (AvgIpc) is 2.99. The van der Waals surface area contributed by atoms with Gasteiger partial charge in [0.25, 0.3) is 0 Å². The number of benzene rings is 2. The van der Waals surface area contributed by atoms with Crippen molar-refractivity contribution in [3.05, 3.63) is 48.0 Å². The van der Waals surface area contributed by atoms with Gasteiger partial charge in [-0.2, -0.15) is 13.2 Å². The van der Waals surface area contributed by atoms with Crippen molar-refractivity contribution in [2.24, 2.45) is 0 Å². The first-order valence-electron chi connectivity index (χ1n) is 16.2. The molecule has 0 saturated carbocycles. The molecule has 0 atom stereocenters. The van der Waals surface area contributed by atoms with Crippen molar-refractivity contribution in [1.82, 2.24) is 4.90 Å². The summed E-state index contributed by atoms with van der Waals surface area (Å²) in [6.45, 7) is 9.43. The predicted octanol–water partition coefficient (Wildman–Crippen LogP) is 9.66. The molecule has 1 fully saturated rings. The average molecular weight is 623 g/mol. The highest BCUT2D eigenvalue weighted by Gasteiger charge is 2.34. The number of unbranched alkanes of at least 4 members (excludes halogenated alkanes) is 7. The monoisotopic (exact) mass is 622 g/mol. The number of halogens is 3. The number of rotatable bonds is 18. The van der Waals surface area contributed by atoms with E-state index in [1.807, 2.05) is 24.3 Å². The lowest BCUT2D eigenvalue weighted by atomic mass is 9.93. The van der Waals surface area contributed by atoms with E-state index in [4.69, 9.17) is 14.5 Å².